The summed E-state index contributed by atoms with van der Waals surface area (Å²) in [6, 6.07) is 15.5. The van der Waals surface area contributed by atoms with E-state index < -0.39 is 0 Å². The first kappa shape index (κ1) is 12.5. The molecular formula is C18H19N3. The molecule has 2 aromatic carbocycles. The zero-order chi connectivity index (χ0) is 14.2. The van der Waals surface area contributed by atoms with Crippen molar-refractivity contribution in [2.45, 2.75) is 32.4 Å². The van der Waals surface area contributed by atoms with E-state index in [1.54, 1.807) is 0 Å². The van der Waals surface area contributed by atoms with Gasteiger partial charge in [-0.3, -0.25) is 0 Å². The third-order valence-corrected chi connectivity index (χ3v) is 4.37. The first-order valence-corrected chi connectivity index (χ1v) is 7.55. The van der Waals surface area contributed by atoms with Crippen LogP contribution in [0.5, 0.6) is 0 Å². The summed E-state index contributed by atoms with van der Waals surface area (Å²) in [7, 11) is 0. The van der Waals surface area contributed by atoms with Crippen molar-refractivity contribution in [3.05, 3.63) is 64.7 Å². The summed E-state index contributed by atoms with van der Waals surface area (Å²) in [4.78, 5) is 4.64. The Morgan fingerprint density at radius 1 is 1.14 bits per heavy atom. The summed E-state index contributed by atoms with van der Waals surface area (Å²) in [5.41, 5.74) is 6.60. The van der Waals surface area contributed by atoms with Crippen LogP contribution in [0.25, 0.3) is 0 Å². The maximum Gasteiger partial charge on any atom is 0.196 e. The van der Waals surface area contributed by atoms with E-state index in [9.17, 15) is 0 Å². The van der Waals surface area contributed by atoms with Crippen molar-refractivity contribution in [1.82, 2.24) is 5.32 Å². The van der Waals surface area contributed by atoms with Gasteiger partial charge in [0.25, 0.3) is 0 Å². The SMILES string of the molecule is Cc1ccc2c(c1)CN=C(NC1CCc3ccccc31)N2. The van der Waals surface area contributed by atoms with Crippen LogP contribution in [0.2, 0.25) is 0 Å². The van der Waals surface area contributed by atoms with Crippen LogP contribution in [0, 0.1) is 6.92 Å². The molecule has 0 saturated heterocycles. The summed E-state index contributed by atoms with van der Waals surface area (Å²) < 4.78 is 0. The van der Waals surface area contributed by atoms with Crippen LogP contribution in [-0.4, -0.2) is 5.96 Å². The Labute approximate surface area is 125 Å². The number of aliphatic imine (C=N–C) groups is 1. The fraction of sp³-hybridized carbons (Fsp3) is 0.278. The van der Waals surface area contributed by atoms with Gasteiger partial charge in [0.1, 0.15) is 0 Å². The van der Waals surface area contributed by atoms with Gasteiger partial charge in [0.2, 0.25) is 0 Å². The van der Waals surface area contributed by atoms with Crippen LogP contribution < -0.4 is 10.6 Å². The fourth-order valence-corrected chi connectivity index (χ4v) is 3.26. The molecule has 4 rings (SSSR count). The number of hydrogen-bond acceptors (Lipinski definition) is 3. The van der Waals surface area contributed by atoms with E-state index >= 15 is 0 Å². The van der Waals surface area contributed by atoms with Gasteiger partial charge in [-0.05, 0) is 42.5 Å². The van der Waals surface area contributed by atoms with Crippen LogP contribution in [-0.2, 0) is 13.0 Å². The lowest BCUT2D eigenvalue weighted by Crippen LogP contribution is -2.35. The third kappa shape index (κ3) is 2.29. The number of guanidine groups is 1. The summed E-state index contributed by atoms with van der Waals surface area (Å²) in [6.07, 6.45) is 2.29. The Bertz CT molecular complexity index is 718. The quantitative estimate of drug-likeness (QED) is 0.836. The Morgan fingerprint density at radius 2 is 2.05 bits per heavy atom. The van der Waals surface area contributed by atoms with Crippen molar-refractivity contribution in [3.8, 4) is 0 Å². The van der Waals surface area contributed by atoms with Crippen molar-refractivity contribution in [2.24, 2.45) is 4.99 Å². The molecule has 1 atom stereocenters. The molecule has 106 valence electrons. The van der Waals surface area contributed by atoms with E-state index in [1.165, 1.54) is 27.9 Å². The first-order chi connectivity index (χ1) is 10.3. The number of nitrogens with zero attached hydrogens (tertiary/aromatic N) is 1. The molecule has 1 unspecified atom stereocenters. The number of benzene rings is 2. The lowest BCUT2D eigenvalue weighted by molar-refractivity contribution is 0.636. The van der Waals surface area contributed by atoms with Crippen LogP contribution in [0.4, 0.5) is 5.69 Å². The van der Waals surface area contributed by atoms with Crippen LogP contribution in [0.15, 0.2) is 47.5 Å². The summed E-state index contributed by atoms with van der Waals surface area (Å²) >= 11 is 0. The predicted molar refractivity (Wildman–Crippen MR) is 86.6 cm³/mol. The van der Waals surface area contributed by atoms with Crippen LogP contribution in [0.3, 0.4) is 0 Å². The Hall–Kier alpha value is -2.29. The highest BCUT2D eigenvalue weighted by Crippen LogP contribution is 2.31. The van der Waals surface area contributed by atoms with E-state index in [0.29, 0.717) is 6.04 Å². The average molecular weight is 277 g/mol. The molecule has 0 fully saturated rings. The minimum atomic E-state index is 0.374. The monoisotopic (exact) mass is 277 g/mol. The second-order valence-electron chi connectivity index (χ2n) is 5.88. The zero-order valence-electron chi connectivity index (χ0n) is 12.2. The molecule has 3 nitrogen and oxygen atoms in total. The van der Waals surface area contributed by atoms with Gasteiger partial charge in [0.05, 0.1) is 12.6 Å². The Morgan fingerprint density at radius 3 is 3.00 bits per heavy atom. The van der Waals surface area contributed by atoms with Crippen LogP contribution >= 0.6 is 0 Å². The topological polar surface area (TPSA) is 36.4 Å². The molecule has 1 aliphatic heterocycles. The van der Waals surface area contributed by atoms with Gasteiger partial charge in [0.15, 0.2) is 5.96 Å². The maximum atomic E-state index is 4.64. The molecule has 21 heavy (non-hydrogen) atoms. The maximum absolute atomic E-state index is 4.64. The second kappa shape index (κ2) is 4.92. The van der Waals surface area contributed by atoms with Gasteiger partial charge in [-0.25, -0.2) is 4.99 Å². The van der Waals surface area contributed by atoms with Gasteiger partial charge in [-0.1, -0.05) is 42.0 Å². The van der Waals surface area contributed by atoms with Crippen molar-refractivity contribution in [3.63, 3.8) is 0 Å². The van der Waals surface area contributed by atoms with E-state index in [1.807, 2.05) is 0 Å². The van der Waals surface area contributed by atoms with E-state index in [-0.39, 0.29) is 0 Å². The molecule has 2 aliphatic rings. The molecule has 0 aromatic heterocycles. The Kier molecular flexibility index (Phi) is 2.92. The van der Waals surface area contributed by atoms with Crippen molar-refractivity contribution < 1.29 is 0 Å². The van der Waals surface area contributed by atoms with Gasteiger partial charge in [-0.2, -0.15) is 0 Å². The molecule has 0 amide bonds. The minimum Gasteiger partial charge on any atom is -0.349 e. The molecule has 0 saturated carbocycles. The standard InChI is InChI=1S/C18H19N3/c1-12-6-8-16-14(10-12)11-19-18(20-16)21-17-9-7-13-4-2-3-5-15(13)17/h2-6,8,10,17H,7,9,11H2,1H3,(H2,19,20,21). The normalized spacial score (nSPS) is 19.3. The van der Waals surface area contributed by atoms with E-state index in [4.69, 9.17) is 0 Å². The fourth-order valence-electron chi connectivity index (χ4n) is 3.26. The van der Waals surface area contributed by atoms with E-state index in [0.717, 1.165) is 25.3 Å². The first-order valence-electron chi connectivity index (χ1n) is 7.55. The van der Waals surface area contributed by atoms with Crippen molar-refractivity contribution >= 4 is 11.6 Å². The lowest BCUT2D eigenvalue weighted by Gasteiger charge is -2.23. The van der Waals surface area contributed by atoms with E-state index in [2.05, 4.69) is 65.0 Å². The Balaban J connectivity index is 1.53. The van der Waals surface area contributed by atoms with Crippen molar-refractivity contribution in [1.29, 1.82) is 0 Å². The highest BCUT2D eigenvalue weighted by atomic mass is 15.2. The summed E-state index contributed by atoms with van der Waals surface area (Å²) in [5.74, 6) is 0.896. The molecule has 2 N–H and O–H groups in total. The summed E-state index contributed by atoms with van der Waals surface area (Å²) in [5, 5.41) is 6.99. The van der Waals surface area contributed by atoms with Crippen LogP contribution in [0.1, 0.15) is 34.7 Å². The smallest absolute Gasteiger partial charge is 0.196 e. The molecule has 0 spiro atoms. The largest absolute Gasteiger partial charge is 0.349 e. The highest BCUT2D eigenvalue weighted by molar-refractivity contribution is 5.96. The summed E-state index contributed by atoms with van der Waals surface area (Å²) in [6.45, 7) is 2.87. The number of nitrogens with one attached hydrogen (secondary N) is 2. The van der Waals surface area contributed by atoms with Gasteiger partial charge < -0.3 is 10.6 Å². The molecule has 1 heterocycles. The second-order valence-corrected chi connectivity index (χ2v) is 5.88. The molecule has 0 bridgehead atoms. The molecule has 1 aliphatic carbocycles. The van der Waals surface area contributed by atoms with Gasteiger partial charge in [0, 0.05) is 5.69 Å². The molecular weight excluding hydrogens is 258 g/mol. The zero-order valence-corrected chi connectivity index (χ0v) is 12.2. The van der Waals surface area contributed by atoms with Gasteiger partial charge >= 0.3 is 0 Å². The highest BCUT2D eigenvalue weighted by Gasteiger charge is 2.23. The average Bonchev–Trinajstić information content (AvgIpc) is 2.91. The van der Waals surface area contributed by atoms with Crippen molar-refractivity contribution in [2.75, 3.05) is 5.32 Å². The molecule has 3 heteroatoms. The number of rotatable bonds is 1. The van der Waals surface area contributed by atoms with Gasteiger partial charge in [-0.15, -0.1) is 0 Å². The molecule has 2 aromatic rings. The minimum absolute atomic E-state index is 0.374. The lowest BCUT2D eigenvalue weighted by atomic mass is 10.1. The number of aryl methyl sites for hydroxylation is 2. The number of hydrogen-bond donors (Lipinski definition) is 2. The number of fused-ring (bicyclic) bond motifs is 2. The third-order valence-electron chi connectivity index (χ3n) is 4.37. The number of anilines is 1. The predicted octanol–water partition coefficient (Wildman–Crippen LogP) is 3.55. The molecule has 0 radical (unpaired) electrons.